The van der Waals surface area contributed by atoms with E-state index >= 15 is 0 Å². The Morgan fingerprint density at radius 2 is 2.05 bits per heavy atom. The summed E-state index contributed by atoms with van der Waals surface area (Å²) in [5, 5.41) is 4.32. The lowest BCUT2D eigenvalue weighted by Gasteiger charge is -2.07. The molecule has 2 N–H and O–H groups in total. The van der Waals surface area contributed by atoms with E-state index in [1.54, 1.807) is 16.9 Å². The number of anilines is 1. The van der Waals surface area contributed by atoms with Gasteiger partial charge in [0.05, 0.1) is 5.69 Å². The number of ether oxygens (including phenoxy) is 1. The largest absolute Gasteiger partial charge is 0.437 e. The van der Waals surface area contributed by atoms with Gasteiger partial charge in [-0.15, -0.1) is 0 Å². The Morgan fingerprint density at radius 3 is 2.84 bits per heavy atom. The monoisotopic (exact) mass is 254 g/mol. The average molecular weight is 254 g/mol. The highest BCUT2D eigenvalue weighted by Crippen LogP contribution is 2.26. The number of nitrogen functional groups attached to an aromatic ring is 1. The van der Waals surface area contributed by atoms with Gasteiger partial charge in [0.25, 0.3) is 0 Å². The molecule has 1 aromatic carbocycles. The van der Waals surface area contributed by atoms with Gasteiger partial charge in [0.2, 0.25) is 5.88 Å². The Bertz CT molecular complexity index is 748. The van der Waals surface area contributed by atoms with Crippen LogP contribution in [0.15, 0.2) is 36.7 Å². The third kappa shape index (κ3) is 2.10. The predicted molar refractivity (Wildman–Crippen MR) is 73.4 cm³/mol. The van der Waals surface area contributed by atoms with Gasteiger partial charge in [-0.3, -0.25) is 0 Å². The van der Waals surface area contributed by atoms with Crippen LogP contribution >= 0.6 is 0 Å². The second kappa shape index (κ2) is 4.28. The molecule has 0 aliphatic rings. The van der Waals surface area contributed by atoms with Crippen molar-refractivity contribution in [2.24, 2.45) is 0 Å². The highest BCUT2D eigenvalue weighted by Gasteiger charge is 2.08. The summed E-state index contributed by atoms with van der Waals surface area (Å²) in [6.45, 7) is 3.88. The lowest BCUT2D eigenvalue weighted by atomic mass is 10.2. The van der Waals surface area contributed by atoms with E-state index in [9.17, 15) is 0 Å². The van der Waals surface area contributed by atoms with E-state index < -0.39 is 0 Å². The van der Waals surface area contributed by atoms with Crippen molar-refractivity contribution < 1.29 is 4.74 Å². The summed E-state index contributed by atoms with van der Waals surface area (Å²) in [5.74, 6) is 1.25. The molecule has 5 nitrogen and oxygen atoms in total. The first-order valence-electron chi connectivity index (χ1n) is 5.98. The van der Waals surface area contributed by atoms with Gasteiger partial charge in [-0.2, -0.15) is 5.10 Å². The van der Waals surface area contributed by atoms with E-state index in [0.717, 1.165) is 22.5 Å². The molecule has 0 atom stereocenters. The number of aryl methyl sites for hydroxylation is 2. The standard InChI is InChI=1S/C14H14N4O/c1-9-7-11(3-4-12(9)15)19-14-13-8-10(2)17-18(13)6-5-16-14/h3-8H,15H2,1-2H3. The van der Waals surface area contributed by atoms with Crippen molar-refractivity contribution in [2.75, 3.05) is 5.73 Å². The summed E-state index contributed by atoms with van der Waals surface area (Å²) in [5.41, 5.74) is 9.28. The van der Waals surface area contributed by atoms with Crippen LogP contribution in [-0.2, 0) is 0 Å². The lowest BCUT2D eigenvalue weighted by Crippen LogP contribution is -1.95. The molecule has 0 aliphatic carbocycles. The van der Waals surface area contributed by atoms with Crippen LogP contribution in [0.5, 0.6) is 11.6 Å². The molecule has 3 aromatic rings. The number of nitrogens with zero attached hydrogens (tertiary/aromatic N) is 3. The maximum atomic E-state index is 5.81. The minimum atomic E-state index is 0.535. The first-order valence-corrected chi connectivity index (χ1v) is 5.98. The molecule has 0 aliphatic heterocycles. The third-order valence-electron chi connectivity index (χ3n) is 2.93. The zero-order valence-electron chi connectivity index (χ0n) is 10.8. The average Bonchev–Trinajstić information content (AvgIpc) is 2.75. The molecule has 0 saturated heterocycles. The van der Waals surface area contributed by atoms with Crippen molar-refractivity contribution in [1.82, 2.24) is 14.6 Å². The second-order valence-electron chi connectivity index (χ2n) is 4.47. The number of nitrogens with two attached hydrogens (primary N) is 1. The van der Waals surface area contributed by atoms with E-state index in [-0.39, 0.29) is 0 Å². The molecule has 0 spiro atoms. The maximum absolute atomic E-state index is 5.81. The van der Waals surface area contributed by atoms with Crippen LogP contribution < -0.4 is 10.5 Å². The first-order chi connectivity index (χ1) is 9.13. The molecule has 5 heteroatoms. The summed E-state index contributed by atoms with van der Waals surface area (Å²) in [4.78, 5) is 4.25. The zero-order valence-corrected chi connectivity index (χ0v) is 10.8. The minimum absolute atomic E-state index is 0.535. The topological polar surface area (TPSA) is 65.4 Å². The Hall–Kier alpha value is -2.56. The first kappa shape index (κ1) is 11.5. The van der Waals surface area contributed by atoms with Gasteiger partial charge in [-0.25, -0.2) is 9.50 Å². The molecule has 19 heavy (non-hydrogen) atoms. The normalized spacial score (nSPS) is 10.8. The Morgan fingerprint density at radius 1 is 1.21 bits per heavy atom. The molecule has 0 radical (unpaired) electrons. The predicted octanol–water partition coefficient (Wildman–Crippen LogP) is 2.72. The second-order valence-corrected chi connectivity index (χ2v) is 4.47. The van der Waals surface area contributed by atoms with Gasteiger partial charge in [0, 0.05) is 18.1 Å². The molecule has 0 amide bonds. The van der Waals surface area contributed by atoms with Gasteiger partial charge >= 0.3 is 0 Å². The molecule has 2 aromatic heterocycles. The number of aromatic nitrogens is 3. The van der Waals surface area contributed by atoms with E-state index in [4.69, 9.17) is 10.5 Å². The smallest absolute Gasteiger partial charge is 0.245 e. The van der Waals surface area contributed by atoms with Gasteiger partial charge < -0.3 is 10.5 Å². The van der Waals surface area contributed by atoms with Crippen LogP contribution in [0.2, 0.25) is 0 Å². The molecule has 96 valence electrons. The van der Waals surface area contributed by atoms with Crippen molar-refractivity contribution in [2.45, 2.75) is 13.8 Å². The van der Waals surface area contributed by atoms with Crippen molar-refractivity contribution >= 4 is 11.2 Å². The summed E-state index contributed by atoms with van der Waals surface area (Å²) in [7, 11) is 0. The molecule has 0 fully saturated rings. The van der Waals surface area contributed by atoms with Crippen LogP contribution in [-0.4, -0.2) is 14.6 Å². The third-order valence-corrected chi connectivity index (χ3v) is 2.93. The SMILES string of the molecule is Cc1cc2c(Oc3ccc(N)c(C)c3)nccn2n1. The van der Waals surface area contributed by atoms with Crippen molar-refractivity contribution in [3.63, 3.8) is 0 Å². The van der Waals surface area contributed by atoms with Gasteiger partial charge in [-0.1, -0.05) is 0 Å². The van der Waals surface area contributed by atoms with E-state index in [2.05, 4.69) is 10.1 Å². The molecular weight excluding hydrogens is 240 g/mol. The fourth-order valence-electron chi connectivity index (χ4n) is 1.92. The molecule has 0 unspecified atom stereocenters. The van der Waals surface area contributed by atoms with Gasteiger partial charge in [-0.05, 0) is 43.7 Å². The molecule has 3 rings (SSSR count). The van der Waals surface area contributed by atoms with Crippen LogP contribution in [0.4, 0.5) is 5.69 Å². The fraction of sp³-hybridized carbons (Fsp3) is 0.143. The molecule has 0 bridgehead atoms. The van der Waals surface area contributed by atoms with Gasteiger partial charge in [0.15, 0.2) is 0 Å². The molecule has 2 heterocycles. The number of hydrogen-bond acceptors (Lipinski definition) is 4. The highest BCUT2D eigenvalue weighted by molar-refractivity contribution is 5.58. The quantitative estimate of drug-likeness (QED) is 0.714. The van der Waals surface area contributed by atoms with Crippen LogP contribution in [0.3, 0.4) is 0 Å². The van der Waals surface area contributed by atoms with Gasteiger partial charge in [0.1, 0.15) is 11.3 Å². The molecule has 0 saturated carbocycles. The lowest BCUT2D eigenvalue weighted by molar-refractivity contribution is 0.465. The summed E-state index contributed by atoms with van der Waals surface area (Å²) < 4.78 is 7.57. The van der Waals surface area contributed by atoms with E-state index in [1.807, 2.05) is 38.1 Å². The Kier molecular flexibility index (Phi) is 2.59. The zero-order chi connectivity index (χ0) is 13.4. The number of fused-ring (bicyclic) bond motifs is 1. The van der Waals surface area contributed by atoms with Crippen LogP contribution in [0, 0.1) is 13.8 Å². The summed E-state index contributed by atoms with van der Waals surface area (Å²) >= 11 is 0. The number of rotatable bonds is 2. The van der Waals surface area contributed by atoms with Crippen molar-refractivity contribution in [1.29, 1.82) is 0 Å². The number of hydrogen-bond donors (Lipinski definition) is 1. The van der Waals surface area contributed by atoms with Crippen LogP contribution in [0.25, 0.3) is 5.52 Å². The Labute approximate surface area is 110 Å². The maximum Gasteiger partial charge on any atom is 0.245 e. The number of benzene rings is 1. The molecular formula is C14H14N4O. The van der Waals surface area contributed by atoms with Crippen molar-refractivity contribution in [3.05, 3.63) is 47.9 Å². The highest BCUT2D eigenvalue weighted by atomic mass is 16.5. The van der Waals surface area contributed by atoms with E-state index in [1.165, 1.54) is 0 Å². The van der Waals surface area contributed by atoms with E-state index in [0.29, 0.717) is 11.6 Å². The minimum Gasteiger partial charge on any atom is -0.437 e. The fourth-order valence-corrected chi connectivity index (χ4v) is 1.92. The van der Waals surface area contributed by atoms with Crippen LogP contribution in [0.1, 0.15) is 11.3 Å². The Balaban J connectivity index is 2.02. The van der Waals surface area contributed by atoms with Crippen molar-refractivity contribution in [3.8, 4) is 11.6 Å². The summed E-state index contributed by atoms with van der Waals surface area (Å²) in [6, 6.07) is 7.49. The summed E-state index contributed by atoms with van der Waals surface area (Å²) in [6.07, 6.45) is 3.46.